The SMILES string of the molecule is CCOc1cccc2c1OC(c1ccc(F)c(F)c1)N1NC(c3ccc(OC)cc3)=CC21. The first-order valence-electron chi connectivity index (χ1n) is 10.4. The number of halogens is 2. The van der Waals surface area contributed by atoms with E-state index in [9.17, 15) is 8.78 Å². The van der Waals surface area contributed by atoms with Crippen molar-refractivity contribution in [2.75, 3.05) is 13.7 Å². The zero-order valence-electron chi connectivity index (χ0n) is 17.6. The van der Waals surface area contributed by atoms with Crippen LogP contribution in [0.15, 0.2) is 66.7 Å². The monoisotopic (exact) mass is 436 g/mol. The van der Waals surface area contributed by atoms with E-state index in [4.69, 9.17) is 14.2 Å². The number of hydrazine groups is 1. The lowest BCUT2D eigenvalue weighted by Crippen LogP contribution is -2.43. The minimum absolute atomic E-state index is 0.200. The minimum Gasteiger partial charge on any atom is -0.497 e. The van der Waals surface area contributed by atoms with Crippen molar-refractivity contribution < 1.29 is 23.0 Å². The summed E-state index contributed by atoms with van der Waals surface area (Å²) in [6.45, 7) is 2.38. The second-order valence-corrected chi connectivity index (χ2v) is 7.52. The number of benzene rings is 3. The van der Waals surface area contributed by atoms with Crippen LogP contribution in [0.2, 0.25) is 0 Å². The van der Waals surface area contributed by atoms with Gasteiger partial charge in [-0.25, -0.2) is 8.78 Å². The fourth-order valence-corrected chi connectivity index (χ4v) is 4.08. The standard InChI is InChI=1S/C25H22F2N2O3/c1-3-31-23-6-4-5-18-22-14-21(15-7-10-17(30-2)11-8-15)28-29(22)25(32-24(18)23)16-9-12-19(26)20(27)13-16/h4-14,22,25,28H,3H2,1-2H3. The molecular formula is C25H22F2N2O3. The number of hydrogen-bond acceptors (Lipinski definition) is 5. The maximum atomic E-state index is 14.1. The lowest BCUT2D eigenvalue weighted by atomic mass is 10.00. The molecule has 0 bridgehead atoms. The molecule has 0 spiro atoms. The fraction of sp³-hybridized carbons (Fsp3) is 0.200. The van der Waals surface area contributed by atoms with Crippen molar-refractivity contribution in [2.45, 2.75) is 19.2 Å². The molecule has 2 unspecified atom stereocenters. The molecule has 164 valence electrons. The zero-order valence-corrected chi connectivity index (χ0v) is 17.6. The molecule has 0 saturated carbocycles. The van der Waals surface area contributed by atoms with Crippen LogP contribution in [0, 0.1) is 11.6 Å². The average molecular weight is 436 g/mol. The Kier molecular flexibility index (Phi) is 5.19. The number of fused-ring (bicyclic) bond motifs is 3. The lowest BCUT2D eigenvalue weighted by Gasteiger charge is -2.39. The summed E-state index contributed by atoms with van der Waals surface area (Å²) in [4.78, 5) is 0. The molecule has 32 heavy (non-hydrogen) atoms. The van der Waals surface area contributed by atoms with Gasteiger partial charge in [-0.3, -0.25) is 0 Å². The maximum absolute atomic E-state index is 14.1. The number of ether oxygens (including phenoxy) is 3. The molecule has 3 aromatic rings. The highest BCUT2D eigenvalue weighted by atomic mass is 19.2. The molecule has 0 fully saturated rings. The van der Waals surface area contributed by atoms with Crippen LogP contribution < -0.4 is 19.6 Å². The van der Waals surface area contributed by atoms with Crippen LogP contribution in [0.1, 0.15) is 35.9 Å². The molecule has 0 aromatic heterocycles. The quantitative estimate of drug-likeness (QED) is 0.583. The third-order valence-corrected chi connectivity index (χ3v) is 5.61. The lowest BCUT2D eigenvalue weighted by molar-refractivity contribution is -0.0347. The van der Waals surface area contributed by atoms with Crippen molar-refractivity contribution in [3.63, 3.8) is 0 Å². The minimum atomic E-state index is -0.922. The van der Waals surface area contributed by atoms with Gasteiger partial charge in [-0.2, -0.15) is 5.01 Å². The van der Waals surface area contributed by atoms with Crippen LogP contribution >= 0.6 is 0 Å². The Labute approximate surface area is 184 Å². The highest BCUT2D eigenvalue weighted by Crippen LogP contribution is 2.49. The first-order valence-corrected chi connectivity index (χ1v) is 10.4. The maximum Gasteiger partial charge on any atom is 0.196 e. The normalized spacial score (nSPS) is 19.3. The number of nitrogens with zero attached hydrogens (tertiary/aromatic N) is 1. The third-order valence-electron chi connectivity index (χ3n) is 5.61. The fourth-order valence-electron chi connectivity index (χ4n) is 4.08. The van der Waals surface area contributed by atoms with Gasteiger partial charge in [-0.1, -0.05) is 18.2 Å². The summed E-state index contributed by atoms with van der Waals surface area (Å²) in [5.74, 6) is 0.152. The van der Waals surface area contributed by atoms with Crippen molar-refractivity contribution >= 4 is 5.70 Å². The largest absolute Gasteiger partial charge is 0.497 e. The molecule has 2 atom stereocenters. The number of nitrogens with one attached hydrogen (secondary N) is 1. The Hall–Kier alpha value is -3.58. The second-order valence-electron chi connectivity index (χ2n) is 7.52. The van der Waals surface area contributed by atoms with E-state index in [1.165, 1.54) is 12.1 Å². The van der Waals surface area contributed by atoms with E-state index in [1.807, 2.05) is 54.4 Å². The van der Waals surface area contributed by atoms with Gasteiger partial charge in [0.15, 0.2) is 29.4 Å². The van der Waals surface area contributed by atoms with Gasteiger partial charge < -0.3 is 19.6 Å². The summed E-state index contributed by atoms with van der Waals surface area (Å²) in [5, 5.41) is 1.89. The van der Waals surface area contributed by atoms with Crippen LogP contribution in [0.3, 0.4) is 0 Å². The molecule has 0 aliphatic carbocycles. The average Bonchev–Trinajstić information content (AvgIpc) is 3.27. The van der Waals surface area contributed by atoms with Crippen LogP contribution in [-0.2, 0) is 0 Å². The van der Waals surface area contributed by atoms with E-state index in [0.29, 0.717) is 23.7 Å². The van der Waals surface area contributed by atoms with Gasteiger partial charge >= 0.3 is 0 Å². The summed E-state index contributed by atoms with van der Waals surface area (Å²) in [6, 6.07) is 17.0. The van der Waals surface area contributed by atoms with E-state index in [-0.39, 0.29) is 6.04 Å². The summed E-state index contributed by atoms with van der Waals surface area (Å²) >= 11 is 0. The molecule has 2 aliphatic heterocycles. The zero-order chi connectivity index (χ0) is 22.2. The van der Waals surface area contributed by atoms with Crippen molar-refractivity contribution in [1.29, 1.82) is 0 Å². The Morgan fingerprint density at radius 3 is 2.56 bits per heavy atom. The van der Waals surface area contributed by atoms with Gasteiger partial charge in [-0.05, 0) is 61.0 Å². The highest BCUT2D eigenvalue weighted by Gasteiger charge is 2.41. The first-order chi connectivity index (χ1) is 15.6. The van der Waals surface area contributed by atoms with Gasteiger partial charge in [0.25, 0.3) is 0 Å². The third kappa shape index (κ3) is 3.44. The smallest absolute Gasteiger partial charge is 0.196 e. The van der Waals surface area contributed by atoms with Crippen molar-refractivity contribution in [2.24, 2.45) is 0 Å². The van der Waals surface area contributed by atoms with Gasteiger partial charge in [0.05, 0.1) is 25.5 Å². The second kappa shape index (κ2) is 8.16. The predicted octanol–water partition coefficient (Wildman–Crippen LogP) is 5.37. The number of methoxy groups -OCH3 is 1. The van der Waals surface area contributed by atoms with Crippen LogP contribution in [0.25, 0.3) is 5.70 Å². The molecule has 0 radical (unpaired) electrons. The molecule has 0 saturated heterocycles. The van der Waals surface area contributed by atoms with E-state index < -0.39 is 17.9 Å². The Bertz CT molecular complexity index is 1180. The van der Waals surface area contributed by atoms with Crippen LogP contribution in [0.4, 0.5) is 8.78 Å². The van der Waals surface area contributed by atoms with Crippen LogP contribution in [-0.4, -0.2) is 18.7 Å². The van der Waals surface area contributed by atoms with E-state index >= 15 is 0 Å². The Morgan fingerprint density at radius 1 is 1.03 bits per heavy atom. The van der Waals surface area contributed by atoms with E-state index in [2.05, 4.69) is 11.5 Å². The molecule has 2 heterocycles. The molecule has 5 rings (SSSR count). The topological polar surface area (TPSA) is 43.0 Å². The molecule has 5 nitrogen and oxygen atoms in total. The van der Waals surface area contributed by atoms with Crippen LogP contribution in [0.5, 0.6) is 17.2 Å². The first kappa shape index (κ1) is 20.3. The molecule has 3 aromatic carbocycles. The van der Waals surface area contributed by atoms with E-state index in [1.54, 1.807) is 7.11 Å². The van der Waals surface area contributed by atoms with Crippen molar-refractivity contribution in [3.8, 4) is 17.2 Å². The highest BCUT2D eigenvalue weighted by molar-refractivity contribution is 5.68. The molecule has 2 aliphatic rings. The van der Waals surface area contributed by atoms with Gasteiger partial charge in [0.2, 0.25) is 0 Å². The summed E-state index contributed by atoms with van der Waals surface area (Å²) < 4.78 is 45.0. The molecule has 0 amide bonds. The molecular weight excluding hydrogens is 414 g/mol. The van der Waals surface area contributed by atoms with E-state index in [0.717, 1.165) is 28.6 Å². The number of para-hydroxylation sites is 1. The Balaban J connectivity index is 1.59. The number of rotatable bonds is 5. The summed E-state index contributed by atoms with van der Waals surface area (Å²) in [6.07, 6.45) is 1.39. The summed E-state index contributed by atoms with van der Waals surface area (Å²) in [7, 11) is 1.62. The predicted molar refractivity (Wildman–Crippen MR) is 116 cm³/mol. The van der Waals surface area contributed by atoms with Gasteiger partial charge in [-0.15, -0.1) is 0 Å². The number of hydrogen-bond donors (Lipinski definition) is 1. The van der Waals surface area contributed by atoms with Gasteiger partial charge in [0, 0.05) is 11.1 Å². The Morgan fingerprint density at radius 2 is 1.84 bits per heavy atom. The molecule has 1 N–H and O–H groups in total. The van der Waals surface area contributed by atoms with Crippen molar-refractivity contribution in [1.82, 2.24) is 10.4 Å². The summed E-state index contributed by atoms with van der Waals surface area (Å²) in [5.41, 5.74) is 6.65. The van der Waals surface area contributed by atoms with Gasteiger partial charge in [0.1, 0.15) is 5.75 Å². The molecule has 7 heteroatoms. The van der Waals surface area contributed by atoms with Crippen molar-refractivity contribution in [3.05, 3.63) is 95.1 Å².